The molecule has 4 nitrogen and oxygen atoms in total. The molecule has 2 atom stereocenters. The summed E-state index contributed by atoms with van der Waals surface area (Å²) in [5, 5.41) is 9.63. The number of carboxylic acids is 1. The molecule has 4 heteroatoms. The van der Waals surface area contributed by atoms with E-state index in [2.05, 4.69) is 13.8 Å². The number of hydrogen-bond acceptors (Lipinski definition) is 2. The largest absolute Gasteiger partial charge is 0.480 e. The molecule has 21 heavy (non-hydrogen) atoms. The molecule has 0 radical (unpaired) electrons. The van der Waals surface area contributed by atoms with Gasteiger partial charge in [-0.3, -0.25) is 4.79 Å². The van der Waals surface area contributed by atoms with Gasteiger partial charge < -0.3 is 10.0 Å². The van der Waals surface area contributed by atoms with Crippen LogP contribution < -0.4 is 0 Å². The van der Waals surface area contributed by atoms with Crippen molar-refractivity contribution in [1.82, 2.24) is 4.90 Å². The molecule has 0 aromatic carbocycles. The lowest BCUT2D eigenvalue weighted by Crippen LogP contribution is -2.59. The molecule has 1 aliphatic heterocycles. The van der Waals surface area contributed by atoms with Gasteiger partial charge >= 0.3 is 5.97 Å². The predicted molar refractivity (Wildman–Crippen MR) is 81.9 cm³/mol. The second kappa shape index (κ2) is 5.62. The third kappa shape index (κ3) is 3.09. The summed E-state index contributed by atoms with van der Waals surface area (Å²) in [6, 6.07) is -0.684. The van der Waals surface area contributed by atoms with E-state index in [-0.39, 0.29) is 22.7 Å². The summed E-state index contributed by atoms with van der Waals surface area (Å²) in [6.07, 6.45) is 5.96. The Kier molecular flexibility index (Phi) is 4.36. The van der Waals surface area contributed by atoms with Crippen molar-refractivity contribution in [2.24, 2.45) is 16.7 Å². The molecule has 1 heterocycles. The molecule has 120 valence electrons. The number of piperidine rings is 1. The van der Waals surface area contributed by atoms with Crippen LogP contribution in [-0.2, 0) is 9.59 Å². The van der Waals surface area contributed by atoms with Gasteiger partial charge in [0.15, 0.2) is 0 Å². The van der Waals surface area contributed by atoms with Crippen molar-refractivity contribution in [2.75, 3.05) is 6.54 Å². The van der Waals surface area contributed by atoms with Crippen molar-refractivity contribution in [3.8, 4) is 0 Å². The molecule has 0 aromatic heterocycles. The van der Waals surface area contributed by atoms with Crippen LogP contribution in [0.2, 0.25) is 0 Å². The van der Waals surface area contributed by atoms with Gasteiger partial charge in [0.1, 0.15) is 6.04 Å². The zero-order chi connectivity index (χ0) is 15.8. The second-order valence-corrected chi connectivity index (χ2v) is 8.15. The van der Waals surface area contributed by atoms with E-state index in [1.807, 2.05) is 13.8 Å². The first-order valence-electron chi connectivity index (χ1n) is 8.20. The Labute approximate surface area is 127 Å². The van der Waals surface area contributed by atoms with Crippen LogP contribution in [0.1, 0.15) is 66.2 Å². The van der Waals surface area contributed by atoms with E-state index in [4.69, 9.17) is 0 Å². The molecule has 1 amide bonds. The van der Waals surface area contributed by atoms with Crippen molar-refractivity contribution >= 4 is 11.9 Å². The maximum absolute atomic E-state index is 13.0. The Morgan fingerprint density at radius 2 is 1.62 bits per heavy atom. The molecule has 0 bridgehead atoms. The summed E-state index contributed by atoms with van der Waals surface area (Å²) in [5.41, 5.74) is -0.363. The lowest BCUT2D eigenvalue weighted by Gasteiger charge is -2.47. The fourth-order valence-electron chi connectivity index (χ4n) is 4.25. The van der Waals surface area contributed by atoms with Gasteiger partial charge in [-0.25, -0.2) is 4.79 Å². The number of nitrogens with zero attached hydrogens (tertiary/aromatic N) is 1. The zero-order valence-corrected chi connectivity index (χ0v) is 13.8. The third-order valence-corrected chi connectivity index (χ3v) is 5.59. The quantitative estimate of drug-likeness (QED) is 0.850. The molecule has 0 aromatic rings. The normalized spacial score (nSPS) is 31.7. The smallest absolute Gasteiger partial charge is 0.326 e. The van der Waals surface area contributed by atoms with Gasteiger partial charge in [-0.05, 0) is 36.5 Å². The maximum Gasteiger partial charge on any atom is 0.326 e. The average molecular weight is 295 g/mol. The van der Waals surface area contributed by atoms with E-state index < -0.39 is 12.0 Å². The molecule has 2 rings (SSSR count). The minimum Gasteiger partial charge on any atom is -0.480 e. The molecular weight excluding hydrogens is 266 g/mol. The van der Waals surface area contributed by atoms with Crippen molar-refractivity contribution in [3.05, 3.63) is 0 Å². The number of likely N-dealkylation sites (tertiary alicyclic amines) is 1. The highest BCUT2D eigenvalue weighted by Crippen LogP contribution is 2.44. The Morgan fingerprint density at radius 3 is 2.19 bits per heavy atom. The first-order chi connectivity index (χ1) is 9.67. The molecule has 0 spiro atoms. The van der Waals surface area contributed by atoms with Gasteiger partial charge in [-0.15, -0.1) is 0 Å². The van der Waals surface area contributed by atoms with Crippen LogP contribution in [0, 0.1) is 16.7 Å². The van der Waals surface area contributed by atoms with E-state index in [9.17, 15) is 14.7 Å². The number of hydrogen-bond donors (Lipinski definition) is 1. The first-order valence-corrected chi connectivity index (χ1v) is 8.20. The SMILES string of the molecule is CC1(C)CCCCC1C(=O)N1CCCC(C)(C)C1C(=O)O. The van der Waals surface area contributed by atoms with Crippen molar-refractivity contribution in [2.45, 2.75) is 72.3 Å². The summed E-state index contributed by atoms with van der Waals surface area (Å²) < 4.78 is 0. The topological polar surface area (TPSA) is 57.6 Å². The van der Waals surface area contributed by atoms with Crippen LogP contribution >= 0.6 is 0 Å². The Bertz CT molecular complexity index is 428. The van der Waals surface area contributed by atoms with Crippen LogP contribution in [-0.4, -0.2) is 34.5 Å². The lowest BCUT2D eigenvalue weighted by molar-refractivity contribution is -0.163. The van der Waals surface area contributed by atoms with Crippen molar-refractivity contribution < 1.29 is 14.7 Å². The third-order valence-electron chi connectivity index (χ3n) is 5.59. The summed E-state index contributed by atoms with van der Waals surface area (Å²) in [7, 11) is 0. The number of aliphatic carboxylic acids is 1. The number of carbonyl (C=O) groups is 2. The monoisotopic (exact) mass is 295 g/mol. The summed E-state index contributed by atoms with van der Waals surface area (Å²) in [4.78, 5) is 26.4. The van der Waals surface area contributed by atoms with Crippen LogP contribution in [0.4, 0.5) is 0 Å². The maximum atomic E-state index is 13.0. The molecule has 2 aliphatic rings. The molecule has 1 aliphatic carbocycles. The molecule has 1 saturated heterocycles. The van der Waals surface area contributed by atoms with E-state index in [1.165, 1.54) is 6.42 Å². The fraction of sp³-hybridized carbons (Fsp3) is 0.882. The van der Waals surface area contributed by atoms with Gasteiger partial charge in [-0.1, -0.05) is 40.5 Å². The predicted octanol–water partition coefficient (Wildman–Crippen LogP) is 3.30. The van der Waals surface area contributed by atoms with E-state index >= 15 is 0 Å². The van der Waals surface area contributed by atoms with Gasteiger partial charge in [-0.2, -0.15) is 0 Å². The molecule has 2 unspecified atom stereocenters. The summed E-state index contributed by atoms with van der Waals surface area (Å²) in [5.74, 6) is -0.816. The minimum atomic E-state index is -0.860. The summed E-state index contributed by atoms with van der Waals surface area (Å²) >= 11 is 0. The first kappa shape index (κ1) is 16.3. The van der Waals surface area contributed by atoms with E-state index in [0.717, 1.165) is 32.1 Å². The van der Waals surface area contributed by atoms with E-state index in [0.29, 0.717) is 6.54 Å². The molecular formula is C17H29NO3. The number of amides is 1. The van der Waals surface area contributed by atoms with Crippen molar-refractivity contribution in [1.29, 1.82) is 0 Å². The van der Waals surface area contributed by atoms with Crippen LogP contribution in [0.5, 0.6) is 0 Å². The van der Waals surface area contributed by atoms with Crippen LogP contribution in [0.25, 0.3) is 0 Å². The van der Waals surface area contributed by atoms with Gasteiger partial charge in [0, 0.05) is 12.5 Å². The highest BCUT2D eigenvalue weighted by Gasteiger charge is 2.48. The fourth-order valence-corrected chi connectivity index (χ4v) is 4.25. The Hall–Kier alpha value is -1.06. The van der Waals surface area contributed by atoms with Crippen molar-refractivity contribution in [3.63, 3.8) is 0 Å². The van der Waals surface area contributed by atoms with E-state index in [1.54, 1.807) is 4.90 Å². The lowest BCUT2D eigenvalue weighted by atomic mass is 9.67. The number of rotatable bonds is 2. The van der Waals surface area contributed by atoms with Gasteiger partial charge in [0.25, 0.3) is 0 Å². The average Bonchev–Trinajstić information content (AvgIpc) is 2.35. The zero-order valence-electron chi connectivity index (χ0n) is 13.8. The standard InChI is InChI=1S/C17H29NO3/c1-16(2)9-6-5-8-12(16)14(19)18-11-7-10-17(3,4)13(18)15(20)21/h12-13H,5-11H2,1-4H3,(H,20,21). The highest BCUT2D eigenvalue weighted by molar-refractivity contribution is 5.86. The number of carbonyl (C=O) groups excluding carboxylic acids is 1. The minimum absolute atomic E-state index is 0.0139. The van der Waals surface area contributed by atoms with Gasteiger partial charge in [0.05, 0.1) is 0 Å². The summed E-state index contributed by atoms with van der Waals surface area (Å²) in [6.45, 7) is 8.83. The van der Waals surface area contributed by atoms with Crippen LogP contribution in [0.3, 0.4) is 0 Å². The molecule has 1 N–H and O–H groups in total. The molecule has 2 fully saturated rings. The Morgan fingerprint density at radius 1 is 1.00 bits per heavy atom. The van der Waals surface area contributed by atoms with Gasteiger partial charge in [0.2, 0.25) is 5.91 Å². The number of carboxylic acid groups (broad SMARTS) is 1. The highest BCUT2D eigenvalue weighted by atomic mass is 16.4. The van der Waals surface area contributed by atoms with Crippen LogP contribution in [0.15, 0.2) is 0 Å². The Balaban J connectivity index is 2.25. The second-order valence-electron chi connectivity index (χ2n) is 8.15. The molecule has 1 saturated carbocycles.